The van der Waals surface area contributed by atoms with E-state index in [4.69, 9.17) is 23.2 Å². The second-order valence-electron chi connectivity index (χ2n) is 2.90. The van der Waals surface area contributed by atoms with Gasteiger partial charge in [0.1, 0.15) is 12.0 Å². The Morgan fingerprint density at radius 1 is 1.29 bits per heavy atom. The third-order valence-corrected chi connectivity index (χ3v) is 2.60. The lowest BCUT2D eigenvalue weighted by molar-refractivity contribution is 1.02. The van der Waals surface area contributed by atoms with E-state index in [-0.39, 0.29) is 0 Å². The van der Waals surface area contributed by atoms with Gasteiger partial charge in [-0.25, -0.2) is 4.98 Å². The largest absolute Gasteiger partial charge is 0.348 e. The van der Waals surface area contributed by atoms with Gasteiger partial charge in [0, 0.05) is 12.6 Å². The minimum absolute atomic E-state index is 0.569. The highest BCUT2D eigenvalue weighted by Gasteiger charge is 2.01. The molecule has 0 amide bonds. The normalized spacial score (nSPS) is 10.4. The third kappa shape index (κ3) is 2.08. The smallest absolute Gasteiger partial charge is 0.111 e. The summed E-state index contributed by atoms with van der Waals surface area (Å²) >= 11 is 11.7. The number of nitrogens with zero attached hydrogens (tertiary/aromatic N) is 1. The van der Waals surface area contributed by atoms with Gasteiger partial charge < -0.3 is 4.98 Å². The highest BCUT2D eigenvalue weighted by atomic mass is 35.5. The van der Waals surface area contributed by atoms with Gasteiger partial charge in [-0.15, -0.1) is 0 Å². The van der Waals surface area contributed by atoms with Gasteiger partial charge in [0.25, 0.3) is 0 Å². The molecule has 0 aliphatic rings. The van der Waals surface area contributed by atoms with Crippen molar-refractivity contribution in [2.45, 2.75) is 6.42 Å². The van der Waals surface area contributed by atoms with Crippen molar-refractivity contribution in [3.05, 3.63) is 52.0 Å². The predicted molar refractivity (Wildman–Crippen MR) is 56.7 cm³/mol. The van der Waals surface area contributed by atoms with Crippen molar-refractivity contribution >= 4 is 23.2 Å². The number of halogens is 2. The molecular weight excluding hydrogens is 219 g/mol. The number of hydrogen-bond acceptors (Lipinski definition) is 1. The van der Waals surface area contributed by atoms with Gasteiger partial charge in [0.2, 0.25) is 0 Å². The molecule has 71 valence electrons. The number of nitrogens with one attached hydrogen (secondary N) is 1. The van der Waals surface area contributed by atoms with Gasteiger partial charge in [0.15, 0.2) is 0 Å². The van der Waals surface area contributed by atoms with Crippen LogP contribution >= 0.6 is 23.2 Å². The monoisotopic (exact) mass is 225 g/mol. The van der Waals surface area contributed by atoms with Gasteiger partial charge >= 0.3 is 0 Å². The first kappa shape index (κ1) is 9.56. The van der Waals surface area contributed by atoms with E-state index in [2.05, 4.69) is 16.2 Å². The Morgan fingerprint density at radius 2 is 2.14 bits per heavy atom. The number of hydrogen-bond donors (Lipinski definition) is 1. The number of aromatic amines is 1. The van der Waals surface area contributed by atoms with E-state index >= 15 is 0 Å². The van der Waals surface area contributed by atoms with Crippen molar-refractivity contribution in [2.75, 3.05) is 0 Å². The number of benzene rings is 1. The van der Waals surface area contributed by atoms with Crippen molar-refractivity contribution in [2.24, 2.45) is 0 Å². The first-order chi connectivity index (χ1) is 6.75. The van der Waals surface area contributed by atoms with Crippen LogP contribution in [0.1, 0.15) is 11.4 Å². The van der Waals surface area contributed by atoms with Crippen LogP contribution in [0.4, 0.5) is 0 Å². The van der Waals surface area contributed by atoms with Gasteiger partial charge in [-0.3, -0.25) is 0 Å². The van der Waals surface area contributed by atoms with Crippen molar-refractivity contribution in [1.82, 2.24) is 9.97 Å². The van der Waals surface area contributed by atoms with Crippen LogP contribution < -0.4 is 0 Å². The summed E-state index contributed by atoms with van der Waals surface area (Å²) in [4.78, 5) is 6.98. The first-order valence-corrected chi connectivity index (χ1v) is 4.85. The Morgan fingerprint density at radius 3 is 2.79 bits per heavy atom. The third-order valence-electron chi connectivity index (χ3n) is 1.86. The minimum Gasteiger partial charge on any atom is -0.348 e. The molecule has 0 aliphatic heterocycles. The van der Waals surface area contributed by atoms with Gasteiger partial charge in [-0.05, 0) is 17.7 Å². The molecule has 0 fully saturated rings. The van der Waals surface area contributed by atoms with Crippen molar-refractivity contribution in [3.8, 4) is 0 Å². The second kappa shape index (κ2) is 4.03. The van der Waals surface area contributed by atoms with Gasteiger partial charge in [0.05, 0.1) is 10.0 Å². The molecule has 4 heteroatoms. The lowest BCUT2D eigenvalue weighted by atomic mass is 10.1. The summed E-state index contributed by atoms with van der Waals surface area (Å²) in [5.74, 6) is 0.864. The lowest BCUT2D eigenvalue weighted by Crippen LogP contribution is -1.90. The van der Waals surface area contributed by atoms with Crippen molar-refractivity contribution in [3.63, 3.8) is 0 Å². The number of aromatic nitrogens is 2. The van der Waals surface area contributed by atoms with E-state index in [0.717, 1.165) is 11.4 Å². The summed E-state index contributed by atoms with van der Waals surface area (Å²) in [6.07, 6.45) is 5.09. The summed E-state index contributed by atoms with van der Waals surface area (Å²) in [6.45, 7) is 0. The number of H-pyrrole nitrogens is 1. The minimum atomic E-state index is 0.569. The molecule has 0 atom stereocenters. The Kier molecular flexibility index (Phi) is 2.75. The molecule has 0 spiro atoms. The standard InChI is InChI=1S/C10H7Cl2N2/c11-8-2-1-7(5-9(8)12)6-10-13-3-4-14-10/h1-3,5H,6H2,(H,13,14). The number of rotatable bonds is 2. The molecule has 1 aromatic heterocycles. The summed E-state index contributed by atoms with van der Waals surface area (Å²) in [5, 5.41) is 1.14. The average molecular weight is 226 g/mol. The molecule has 2 rings (SSSR count). The van der Waals surface area contributed by atoms with Crippen LogP contribution in [0.2, 0.25) is 10.0 Å². The molecule has 14 heavy (non-hydrogen) atoms. The lowest BCUT2D eigenvalue weighted by Gasteiger charge is -2.00. The van der Waals surface area contributed by atoms with Crippen LogP contribution in [0.15, 0.2) is 24.4 Å². The summed E-state index contributed by atoms with van der Waals surface area (Å²) < 4.78 is 0. The Balaban J connectivity index is 2.22. The highest BCUT2D eigenvalue weighted by Crippen LogP contribution is 2.23. The summed E-state index contributed by atoms with van der Waals surface area (Å²) in [6, 6.07) is 5.55. The van der Waals surface area contributed by atoms with Crippen LogP contribution in [0.3, 0.4) is 0 Å². The molecule has 1 N–H and O–H groups in total. The molecule has 1 aromatic carbocycles. The molecule has 2 nitrogen and oxygen atoms in total. The first-order valence-electron chi connectivity index (χ1n) is 4.10. The molecule has 0 saturated heterocycles. The summed E-state index contributed by atoms with van der Waals surface area (Å²) in [5.41, 5.74) is 1.07. The van der Waals surface area contributed by atoms with Crippen LogP contribution in [0, 0.1) is 6.20 Å². The van der Waals surface area contributed by atoms with Gasteiger partial charge in [-0.2, -0.15) is 0 Å². The van der Waals surface area contributed by atoms with E-state index < -0.39 is 0 Å². The Hall–Kier alpha value is -0.990. The quantitative estimate of drug-likeness (QED) is 0.837. The van der Waals surface area contributed by atoms with E-state index in [0.29, 0.717) is 16.5 Å². The average Bonchev–Trinajstić information content (AvgIpc) is 2.64. The molecule has 0 aliphatic carbocycles. The van der Waals surface area contributed by atoms with Crippen LogP contribution in [-0.2, 0) is 6.42 Å². The van der Waals surface area contributed by atoms with Crippen molar-refractivity contribution in [1.29, 1.82) is 0 Å². The van der Waals surface area contributed by atoms with E-state index in [1.165, 1.54) is 0 Å². The van der Waals surface area contributed by atoms with E-state index in [1.807, 2.05) is 12.1 Å². The Bertz CT molecular complexity index is 424. The van der Waals surface area contributed by atoms with Crippen LogP contribution in [0.5, 0.6) is 0 Å². The van der Waals surface area contributed by atoms with E-state index in [1.54, 1.807) is 12.3 Å². The van der Waals surface area contributed by atoms with E-state index in [9.17, 15) is 0 Å². The maximum Gasteiger partial charge on any atom is 0.111 e. The summed E-state index contributed by atoms with van der Waals surface area (Å²) in [7, 11) is 0. The maximum absolute atomic E-state index is 5.88. The Labute approximate surface area is 91.9 Å². The molecule has 1 heterocycles. The predicted octanol–water partition coefficient (Wildman–Crippen LogP) is 3.11. The second-order valence-corrected chi connectivity index (χ2v) is 3.72. The highest BCUT2D eigenvalue weighted by molar-refractivity contribution is 6.42. The topological polar surface area (TPSA) is 28.7 Å². The fraction of sp³-hybridized carbons (Fsp3) is 0.100. The molecule has 0 bridgehead atoms. The molecule has 2 aromatic rings. The van der Waals surface area contributed by atoms with Crippen LogP contribution in [-0.4, -0.2) is 9.97 Å². The van der Waals surface area contributed by atoms with Crippen LogP contribution in [0.25, 0.3) is 0 Å². The molecular formula is C10H7Cl2N2. The maximum atomic E-state index is 5.88. The molecule has 0 saturated carbocycles. The fourth-order valence-corrected chi connectivity index (χ4v) is 1.51. The fourth-order valence-electron chi connectivity index (χ4n) is 1.19. The van der Waals surface area contributed by atoms with Gasteiger partial charge in [-0.1, -0.05) is 29.3 Å². The molecule has 1 radical (unpaired) electrons. The zero-order chi connectivity index (χ0) is 9.97. The SMILES string of the molecule is Clc1ccc(Cc2n[c]c[nH]2)cc1Cl. The zero-order valence-electron chi connectivity index (χ0n) is 7.22. The zero-order valence-corrected chi connectivity index (χ0v) is 8.73. The number of imidazole rings is 1. The molecule has 0 unspecified atom stereocenters. The van der Waals surface area contributed by atoms with Crippen molar-refractivity contribution < 1.29 is 0 Å².